The van der Waals surface area contributed by atoms with Gasteiger partial charge >= 0.3 is 0 Å². The minimum Gasteiger partial charge on any atom is -0.387 e. The van der Waals surface area contributed by atoms with Crippen LogP contribution in [0.5, 0.6) is 0 Å². The highest BCUT2D eigenvalue weighted by atomic mass is 16.3. The standard InChI is InChI=1S/C14H17N3O2/c1-8(18)12-10-4-2-3-5-11(10)17(16-12)13(14(15)19)9-6-7-9/h2-5,8-9,13,18H,6-7H2,1H3,(H2,15,19). The number of para-hydroxylation sites is 1. The predicted molar refractivity (Wildman–Crippen MR) is 71.3 cm³/mol. The molecule has 1 amide bonds. The SMILES string of the molecule is CC(O)c1nn(C(C(N)=O)C2CC2)c2ccccc12. The molecule has 5 heteroatoms. The molecule has 0 radical (unpaired) electrons. The highest BCUT2D eigenvalue weighted by Crippen LogP contribution is 2.41. The van der Waals surface area contributed by atoms with Crippen molar-refractivity contribution < 1.29 is 9.90 Å². The number of nitrogens with zero attached hydrogens (tertiary/aromatic N) is 2. The first-order chi connectivity index (χ1) is 9.09. The van der Waals surface area contributed by atoms with Crippen LogP contribution >= 0.6 is 0 Å². The summed E-state index contributed by atoms with van der Waals surface area (Å²) in [6.45, 7) is 1.68. The maximum absolute atomic E-state index is 11.7. The van der Waals surface area contributed by atoms with E-state index in [0.29, 0.717) is 5.69 Å². The van der Waals surface area contributed by atoms with Crippen molar-refractivity contribution in [1.29, 1.82) is 0 Å². The summed E-state index contributed by atoms with van der Waals surface area (Å²) < 4.78 is 1.69. The molecule has 5 nitrogen and oxygen atoms in total. The number of aliphatic hydroxyl groups excluding tert-OH is 1. The molecule has 100 valence electrons. The van der Waals surface area contributed by atoms with Crippen molar-refractivity contribution in [1.82, 2.24) is 9.78 Å². The average Bonchev–Trinajstić information content (AvgIpc) is 3.11. The Hall–Kier alpha value is -1.88. The molecule has 1 heterocycles. The summed E-state index contributed by atoms with van der Waals surface area (Å²) in [5.74, 6) is -0.0736. The lowest BCUT2D eigenvalue weighted by Gasteiger charge is -2.14. The molecule has 1 saturated carbocycles. The van der Waals surface area contributed by atoms with Gasteiger partial charge in [0.25, 0.3) is 0 Å². The average molecular weight is 259 g/mol. The van der Waals surface area contributed by atoms with E-state index in [0.717, 1.165) is 23.7 Å². The third-order valence-electron chi connectivity index (χ3n) is 3.66. The fraction of sp³-hybridized carbons (Fsp3) is 0.429. The van der Waals surface area contributed by atoms with Crippen molar-refractivity contribution in [3.63, 3.8) is 0 Å². The number of rotatable bonds is 4. The summed E-state index contributed by atoms with van der Waals surface area (Å²) in [6.07, 6.45) is 1.34. The van der Waals surface area contributed by atoms with E-state index in [-0.39, 0.29) is 11.8 Å². The van der Waals surface area contributed by atoms with Gasteiger partial charge in [0, 0.05) is 5.39 Å². The topological polar surface area (TPSA) is 81.1 Å². The van der Waals surface area contributed by atoms with Crippen LogP contribution in [0.1, 0.15) is 37.6 Å². The second kappa shape index (κ2) is 4.35. The van der Waals surface area contributed by atoms with Crippen LogP contribution < -0.4 is 5.73 Å². The van der Waals surface area contributed by atoms with Crippen LogP contribution in [0.2, 0.25) is 0 Å². The predicted octanol–water partition coefficient (Wildman–Crippen LogP) is 1.53. The van der Waals surface area contributed by atoms with Crippen molar-refractivity contribution in [2.75, 3.05) is 0 Å². The lowest BCUT2D eigenvalue weighted by molar-refractivity contribution is -0.121. The number of benzene rings is 1. The van der Waals surface area contributed by atoms with Crippen molar-refractivity contribution in [3.05, 3.63) is 30.0 Å². The second-order valence-corrected chi connectivity index (χ2v) is 5.21. The Bertz CT molecular complexity index is 629. The van der Waals surface area contributed by atoms with Gasteiger partial charge in [-0.3, -0.25) is 9.48 Å². The second-order valence-electron chi connectivity index (χ2n) is 5.21. The number of aliphatic hydroxyl groups is 1. The monoisotopic (exact) mass is 259 g/mol. The normalized spacial score (nSPS) is 18.4. The van der Waals surface area contributed by atoms with Gasteiger partial charge < -0.3 is 10.8 Å². The molecule has 0 aliphatic heterocycles. The molecule has 1 aromatic heterocycles. The van der Waals surface area contributed by atoms with E-state index in [1.807, 2.05) is 24.3 Å². The van der Waals surface area contributed by atoms with Crippen LogP contribution in [0.15, 0.2) is 24.3 Å². The molecule has 0 saturated heterocycles. The van der Waals surface area contributed by atoms with Crippen LogP contribution in [0.25, 0.3) is 10.9 Å². The molecular weight excluding hydrogens is 242 g/mol. The lowest BCUT2D eigenvalue weighted by atomic mass is 10.1. The Morgan fingerprint density at radius 3 is 2.74 bits per heavy atom. The molecule has 19 heavy (non-hydrogen) atoms. The van der Waals surface area contributed by atoms with E-state index < -0.39 is 12.1 Å². The summed E-state index contributed by atoms with van der Waals surface area (Å²) in [6, 6.07) is 7.21. The van der Waals surface area contributed by atoms with Crippen LogP contribution in [-0.2, 0) is 4.79 Å². The zero-order valence-electron chi connectivity index (χ0n) is 10.8. The highest BCUT2D eigenvalue weighted by Gasteiger charge is 2.38. The van der Waals surface area contributed by atoms with E-state index in [9.17, 15) is 9.90 Å². The first kappa shape index (κ1) is 12.2. The third-order valence-corrected chi connectivity index (χ3v) is 3.66. The number of hydrogen-bond acceptors (Lipinski definition) is 3. The van der Waals surface area contributed by atoms with Gasteiger partial charge in [0.15, 0.2) is 0 Å². The van der Waals surface area contributed by atoms with Crippen LogP contribution in [0.4, 0.5) is 0 Å². The first-order valence-electron chi connectivity index (χ1n) is 6.54. The van der Waals surface area contributed by atoms with Crippen molar-refractivity contribution in [3.8, 4) is 0 Å². The largest absolute Gasteiger partial charge is 0.387 e. The highest BCUT2D eigenvalue weighted by molar-refractivity contribution is 5.86. The molecule has 2 atom stereocenters. The summed E-state index contributed by atoms with van der Waals surface area (Å²) in [7, 11) is 0. The summed E-state index contributed by atoms with van der Waals surface area (Å²) in [5, 5.41) is 15.1. The molecule has 2 unspecified atom stereocenters. The molecule has 1 aliphatic carbocycles. The van der Waals surface area contributed by atoms with E-state index in [4.69, 9.17) is 5.73 Å². The quantitative estimate of drug-likeness (QED) is 0.873. The van der Waals surface area contributed by atoms with Crippen molar-refractivity contribution in [2.45, 2.75) is 31.9 Å². The maximum Gasteiger partial charge on any atom is 0.242 e. The number of carbonyl (C=O) groups excluding carboxylic acids is 1. The Morgan fingerprint density at radius 2 is 2.16 bits per heavy atom. The van der Waals surface area contributed by atoms with Gasteiger partial charge in [-0.05, 0) is 31.7 Å². The Morgan fingerprint density at radius 1 is 1.47 bits per heavy atom. The Kier molecular flexibility index (Phi) is 2.78. The third kappa shape index (κ3) is 2.00. The molecule has 3 rings (SSSR count). The van der Waals surface area contributed by atoms with Gasteiger partial charge in [-0.2, -0.15) is 5.10 Å². The van der Waals surface area contributed by atoms with Crippen LogP contribution in [0, 0.1) is 5.92 Å². The fourth-order valence-corrected chi connectivity index (χ4v) is 2.60. The minimum atomic E-state index is -0.668. The number of primary amides is 1. The lowest BCUT2D eigenvalue weighted by Crippen LogP contribution is -2.29. The number of carbonyl (C=O) groups is 1. The van der Waals surface area contributed by atoms with Crippen LogP contribution in [0.3, 0.4) is 0 Å². The molecule has 1 aromatic carbocycles. The molecule has 2 aromatic rings. The number of aromatic nitrogens is 2. The van der Waals surface area contributed by atoms with Gasteiger partial charge in [-0.1, -0.05) is 18.2 Å². The van der Waals surface area contributed by atoms with E-state index in [2.05, 4.69) is 5.10 Å². The first-order valence-corrected chi connectivity index (χ1v) is 6.54. The van der Waals surface area contributed by atoms with E-state index in [1.54, 1.807) is 11.6 Å². The smallest absolute Gasteiger partial charge is 0.242 e. The number of nitrogens with two attached hydrogens (primary N) is 1. The van der Waals surface area contributed by atoms with Gasteiger partial charge in [0.05, 0.1) is 17.3 Å². The number of hydrogen-bond donors (Lipinski definition) is 2. The summed E-state index contributed by atoms with van der Waals surface area (Å²) >= 11 is 0. The summed E-state index contributed by atoms with van der Waals surface area (Å²) in [5.41, 5.74) is 6.98. The Balaban J connectivity index is 2.20. The number of amides is 1. The maximum atomic E-state index is 11.7. The minimum absolute atomic E-state index is 0.280. The summed E-state index contributed by atoms with van der Waals surface area (Å²) in [4.78, 5) is 11.7. The Labute approximate surface area is 111 Å². The van der Waals surface area contributed by atoms with Gasteiger partial charge in [0.2, 0.25) is 5.91 Å². The molecule has 0 spiro atoms. The van der Waals surface area contributed by atoms with Crippen molar-refractivity contribution in [2.24, 2.45) is 11.7 Å². The van der Waals surface area contributed by atoms with E-state index in [1.165, 1.54) is 0 Å². The zero-order chi connectivity index (χ0) is 13.6. The molecule has 1 fully saturated rings. The van der Waals surface area contributed by atoms with Crippen molar-refractivity contribution >= 4 is 16.8 Å². The van der Waals surface area contributed by atoms with Gasteiger partial charge in [-0.15, -0.1) is 0 Å². The van der Waals surface area contributed by atoms with Crippen LogP contribution in [-0.4, -0.2) is 20.8 Å². The molecule has 1 aliphatic rings. The molecular formula is C14H17N3O2. The molecule has 0 bridgehead atoms. The fourth-order valence-electron chi connectivity index (χ4n) is 2.60. The zero-order valence-corrected chi connectivity index (χ0v) is 10.8. The van der Waals surface area contributed by atoms with E-state index >= 15 is 0 Å². The molecule has 3 N–H and O–H groups in total. The van der Waals surface area contributed by atoms with Gasteiger partial charge in [-0.25, -0.2) is 0 Å². The van der Waals surface area contributed by atoms with Gasteiger partial charge in [0.1, 0.15) is 6.04 Å². The number of fused-ring (bicyclic) bond motifs is 1.